The van der Waals surface area contributed by atoms with Gasteiger partial charge in [-0.05, 0) is 45.8 Å². The second-order valence-electron chi connectivity index (χ2n) is 4.50. The fraction of sp³-hybridized carbons (Fsp3) is 0.0667. The Bertz CT molecular complexity index is 778. The number of carboxylic acid groups (broad SMARTS) is 1. The van der Waals surface area contributed by atoms with Crippen LogP contribution in [0.4, 0.5) is 0 Å². The molecule has 2 N–H and O–H groups in total. The molecule has 3 aromatic rings. The average molecular weight is 331 g/mol. The molecule has 0 radical (unpaired) electrons. The van der Waals surface area contributed by atoms with Crippen molar-refractivity contribution in [1.82, 2.24) is 9.97 Å². The quantitative estimate of drug-likeness (QED) is 0.770. The Morgan fingerprint density at radius 3 is 2.60 bits per heavy atom. The van der Waals surface area contributed by atoms with E-state index in [0.717, 1.165) is 26.9 Å². The fourth-order valence-corrected chi connectivity index (χ4v) is 2.55. The molecule has 0 saturated heterocycles. The number of benzene rings is 2. The average Bonchev–Trinajstić information content (AvgIpc) is 2.83. The van der Waals surface area contributed by atoms with Crippen molar-refractivity contribution < 1.29 is 9.90 Å². The molecule has 3 rings (SSSR count). The number of halogens is 1. The lowest BCUT2D eigenvalue weighted by atomic mass is 10.1. The summed E-state index contributed by atoms with van der Waals surface area (Å²) in [6, 6.07) is 12.7. The Kier molecular flexibility index (Phi) is 3.28. The van der Waals surface area contributed by atoms with E-state index in [0.29, 0.717) is 12.0 Å². The van der Waals surface area contributed by atoms with Gasteiger partial charge in [0.05, 0.1) is 11.1 Å². The second-order valence-corrected chi connectivity index (χ2v) is 5.35. The molecule has 1 heterocycles. The number of aromatic carboxylic acids is 1. The van der Waals surface area contributed by atoms with E-state index in [2.05, 4.69) is 25.9 Å². The molecule has 20 heavy (non-hydrogen) atoms. The number of para-hydroxylation sites is 1. The van der Waals surface area contributed by atoms with Crippen molar-refractivity contribution >= 4 is 32.9 Å². The van der Waals surface area contributed by atoms with E-state index in [9.17, 15) is 4.79 Å². The van der Waals surface area contributed by atoms with Gasteiger partial charge in [0.2, 0.25) is 0 Å². The highest BCUT2D eigenvalue weighted by Crippen LogP contribution is 2.22. The van der Waals surface area contributed by atoms with Crippen LogP contribution in [-0.4, -0.2) is 21.0 Å². The number of fused-ring (bicyclic) bond motifs is 1. The fourth-order valence-electron chi connectivity index (χ4n) is 2.09. The van der Waals surface area contributed by atoms with Crippen molar-refractivity contribution in [2.45, 2.75) is 6.42 Å². The molecule has 0 saturated carbocycles. The minimum absolute atomic E-state index is 0.293. The van der Waals surface area contributed by atoms with Gasteiger partial charge in [0.1, 0.15) is 11.3 Å². The van der Waals surface area contributed by atoms with Gasteiger partial charge in [0.25, 0.3) is 0 Å². The predicted octanol–water partition coefficient (Wildman–Crippen LogP) is 3.61. The first-order valence-electron chi connectivity index (χ1n) is 6.09. The molecule has 0 spiro atoms. The van der Waals surface area contributed by atoms with E-state index in [1.165, 1.54) is 0 Å². The minimum Gasteiger partial charge on any atom is -0.478 e. The van der Waals surface area contributed by atoms with Crippen LogP contribution < -0.4 is 0 Å². The third-order valence-electron chi connectivity index (χ3n) is 3.08. The van der Waals surface area contributed by atoms with E-state index < -0.39 is 5.97 Å². The zero-order valence-electron chi connectivity index (χ0n) is 10.4. The number of nitrogens with one attached hydrogen (secondary N) is 1. The molecule has 0 fully saturated rings. The maximum absolute atomic E-state index is 10.8. The molecule has 4 nitrogen and oxygen atoms in total. The van der Waals surface area contributed by atoms with Crippen LogP contribution in [0.1, 0.15) is 21.7 Å². The SMILES string of the molecule is O=C(O)c1ccc(Cc2nc3c(Br)cccc3[nH]2)cc1. The monoisotopic (exact) mass is 330 g/mol. The van der Waals surface area contributed by atoms with Crippen molar-refractivity contribution in [2.75, 3.05) is 0 Å². The summed E-state index contributed by atoms with van der Waals surface area (Å²) in [5.41, 5.74) is 3.20. The summed E-state index contributed by atoms with van der Waals surface area (Å²) in [4.78, 5) is 18.6. The highest BCUT2D eigenvalue weighted by Gasteiger charge is 2.07. The summed E-state index contributed by atoms with van der Waals surface area (Å²) >= 11 is 3.47. The predicted molar refractivity (Wildman–Crippen MR) is 80.0 cm³/mol. The van der Waals surface area contributed by atoms with Gasteiger partial charge in [0, 0.05) is 10.9 Å². The van der Waals surface area contributed by atoms with Crippen molar-refractivity contribution in [3.05, 3.63) is 63.9 Å². The van der Waals surface area contributed by atoms with Gasteiger partial charge >= 0.3 is 5.97 Å². The van der Waals surface area contributed by atoms with Gasteiger partial charge in [-0.1, -0.05) is 18.2 Å². The molecular formula is C15H11BrN2O2. The Morgan fingerprint density at radius 1 is 1.20 bits per heavy atom. The van der Waals surface area contributed by atoms with Gasteiger partial charge in [-0.2, -0.15) is 0 Å². The van der Waals surface area contributed by atoms with Gasteiger partial charge in [-0.3, -0.25) is 0 Å². The number of imidazole rings is 1. The standard InChI is InChI=1S/C15H11BrN2O2/c16-11-2-1-3-12-14(11)18-13(17-12)8-9-4-6-10(7-5-9)15(19)20/h1-7H,8H2,(H,17,18)(H,19,20). The van der Waals surface area contributed by atoms with E-state index in [4.69, 9.17) is 5.11 Å². The van der Waals surface area contributed by atoms with E-state index in [1.54, 1.807) is 12.1 Å². The van der Waals surface area contributed by atoms with Gasteiger partial charge in [0.15, 0.2) is 0 Å². The van der Waals surface area contributed by atoms with Crippen molar-refractivity contribution in [2.24, 2.45) is 0 Å². The molecule has 0 unspecified atom stereocenters. The normalized spacial score (nSPS) is 10.8. The number of aromatic amines is 1. The van der Waals surface area contributed by atoms with Crippen LogP contribution in [-0.2, 0) is 6.42 Å². The Hall–Kier alpha value is -2.14. The molecular weight excluding hydrogens is 320 g/mol. The first-order chi connectivity index (χ1) is 9.63. The van der Waals surface area contributed by atoms with Crippen LogP contribution in [0.25, 0.3) is 11.0 Å². The lowest BCUT2D eigenvalue weighted by Gasteiger charge is -1.99. The summed E-state index contributed by atoms with van der Waals surface area (Å²) in [5, 5.41) is 8.87. The first-order valence-corrected chi connectivity index (χ1v) is 6.88. The summed E-state index contributed by atoms with van der Waals surface area (Å²) in [6.45, 7) is 0. The lowest BCUT2D eigenvalue weighted by Crippen LogP contribution is -1.97. The van der Waals surface area contributed by atoms with E-state index in [-0.39, 0.29) is 0 Å². The van der Waals surface area contributed by atoms with Crippen LogP contribution in [0.15, 0.2) is 46.9 Å². The highest BCUT2D eigenvalue weighted by molar-refractivity contribution is 9.10. The zero-order valence-corrected chi connectivity index (χ0v) is 12.0. The molecule has 0 atom stereocenters. The summed E-state index contributed by atoms with van der Waals surface area (Å²) in [5.74, 6) is -0.0563. The van der Waals surface area contributed by atoms with Gasteiger partial charge in [-0.15, -0.1) is 0 Å². The van der Waals surface area contributed by atoms with Crippen LogP contribution in [0, 0.1) is 0 Å². The Balaban J connectivity index is 1.89. The van der Waals surface area contributed by atoms with Crippen LogP contribution in [0.3, 0.4) is 0 Å². The maximum atomic E-state index is 10.8. The molecule has 0 aliphatic rings. The number of hydrogen-bond acceptors (Lipinski definition) is 2. The van der Waals surface area contributed by atoms with Crippen molar-refractivity contribution in [3.63, 3.8) is 0 Å². The molecule has 0 aliphatic heterocycles. The molecule has 1 aromatic heterocycles. The zero-order chi connectivity index (χ0) is 14.1. The van der Waals surface area contributed by atoms with E-state index in [1.807, 2.05) is 30.3 Å². The lowest BCUT2D eigenvalue weighted by molar-refractivity contribution is 0.0697. The van der Waals surface area contributed by atoms with Crippen molar-refractivity contribution in [1.29, 1.82) is 0 Å². The highest BCUT2D eigenvalue weighted by atomic mass is 79.9. The molecule has 0 bridgehead atoms. The molecule has 5 heteroatoms. The number of aromatic nitrogens is 2. The third kappa shape index (κ3) is 2.44. The molecule has 0 aliphatic carbocycles. The number of nitrogens with zero attached hydrogens (tertiary/aromatic N) is 1. The van der Waals surface area contributed by atoms with E-state index >= 15 is 0 Å². The number of carbonyl (C=O) groups is 1. The topological polar surface area (TPSA) is 66.0 Å². The Morgan fingerprint density at radius 2 is 1.95 bits per heavy atom. The smallest absolute Gasteiger partial charge is 0.335 e. The van der Waals surface area contributed by atoms with Crippen LogP contribution >= 0.6 is 15.9 Å². The Labute approximate surface area is 123 Å². The van der Waals surface area contributed by atoms with Gasteiger partial charge < -0.3 is 10.1 Å². The summed E-state index contributed by atoms with van der Waals surface area (Å²) in [6.07, 6.45) is 0.640. The summed E-state index contributed by atoms with van der Waals surface area (Å²) in [7, 11) is 0. The van der Waals surface area contributed by atoms with Gasteiger partial charge in [-0.25, -0.2) is 9.78 Å². The third-order valence-corrected chi connectivity index (χ3v) is 3.72. The van der Waals surface area contributed by atoms with Crippen LogP contribution in [0.5, 0.6) is 0 Å². The van der Waals surface area contributed by atoms with Crippen LogP contribution in [0.2, 0.25) is 0 Å². The largest absolute Gasteiger partial charge is 0.478 e. The molecule has 2 aromatic carbocycles. The van der Waals surface area contributed by atoms with Crippen molar-refractivity contribution in [3.8, 4) is 0 Å². The summed E-state index contributed by atoms with van der Waals surface area (Å²) < 4.78 is 0.957. The minimum atomic E-state index is -0.913. The number of H-pyrrole nitrogens is 1. The molecule has 0 amide bonds. The first kappa shape index (κ1) is 12.9. The second kappa shape index (κ2) is 5.09. The molecule has 100 valence electrons. The maximum Gasteiger partial charge on any atom is 0.335 e. The number of hydrogen-bond donors (Lipinski definition) is 2. The number of carboxylic acids is 1. The number of rotatable bonds is 3.